The largest absolute Gasteiger partial charge is 0.481 e. The highest BCUT2D eigenvalue weighted by Gasteiger charge is 2.52. The zero-order chi connectivity index (χ0) is 60.9. The van der Waals surface area contributed by atoms with Gasteiger partial charge in [-0.25, -0.2) is 29.9 Å². The molecule has 6 aromatic rings. The summed E-state index contributed by atoms with van der Waals surface area (Å²) < 4.78 is 0. The number of likely N-dealkylation sites (tertiary alicyclic amines) is 3. The van der Waals surface area contributed by atoms with Gasteiger partial charge in [-0.05, 0) is 149 Å². The van der Waals surface area contributed by atoms with Crippen molar-refractivity contribution in [1.29, 1.82) is 0 Å². The molecule has 3 aliphatic carbocycles. The van der Waals surface area contributed by atoms with Gasteiger partial charge in [0.25, 0.3) is 0 Å². The van der Waals surface area contributed by atoms with E-state index in [1.807, 2.05) is 6.92 Å². The summed E-state index contributed by atoms with van der Waals surface area (Å²) in [6.07, 6.45) is 15.8. The van der Waals surface area contributed by atoms with Crippen molar-refractivity contribution >= 4 is 87.7 Å². The van der Waals surface area contributed by atoms with E-state index in [-0.39, 0.29) is 19.3 Å². The lowest BCUT2D eigenvalue weighted by Gasteiger charge is -2.54. The summed E-state index contributed by atoms with van der Waals surface area (Å²) in [5, 5.41) is 41.3. The lowest BCUT2D eigenvalue weighted by molar-refractivity contribution is -0.150. The number of carboxylic acids is 3. The van der Waals surface area contributed by atoms with Gasteiger partial charge >= 0.3 is 17.9 Å². The van der Waals surface area contributed by atoms with Gasteiger partial charge in [0.15, 0.2) is 17.5 Å². The number of carboxylic acid groups (broad SMARTS) is 3. The first-order valence-corrected chi connectivity index (χ1v) is 34.0. The van der Waals surface area contributed by atoms with Gasteiger partial charge < -0.3 is 31.3 Å². The van der Waals surface area contributed by atoms with E-state index in [4.69, 9.17) is 0 Å². The van der Waals surface area contributed by atoms with Crippen LogP contribution in [0.3, 0.4) is 0 Å². The Labute approximate surface area is 535 Å². The SMILES string of the molecule is C.CC1C(C)C2CN(Cc3ccc4c(c3)Nc3nccnc3S4)CC1C2CC(=O)O.CC1CC(C)C2CN(Cc3ccc4c(c3)Nc3nccnc3S4)CC1C2C(C)C(=O)O.O=C(O)CC1C2CCCC1CN(Cc1ccc3c(c1)Nc1nccnc1S3)C2. The van der Waals surface area contributed by atoms with Crippen LogP contribution >= 0.6 is 35.3 Å². The Morgan fingerprint density at radius 2 is 0.876 bits per heavy atom. The quantitative estimate of drug-likeness (QED) is 0.0667. The zero-order valence-electron chi connectivity index (χ0n) is 50.7. The first kappa shape index (κ1) is 62.8. The summed E-state index contributed by atoms with van der Waals surface area (Å²) in [5.74, 6) is 6.44. The Morgan fingerprint density at radius 3 is 1.26 bits per heavy atom. The van der Waals surface area contributed by atoms with Crippen LogP contribution in [0.15, 0.2) is 122 Å². The maximum Gasteiger partial charge on any atom is 0.306 e. The van der Waals surface area contributed by atoms with Crippen molar-refractivity contribution in [3.05, 3.63) is 108 Å². The Kier molecular flexibility index (Phi) is 18.9. The Hall–Kier alpha value is -6.36. The van der Waals surface area contributed by atoms with Crippen molar-refractivity contribution in [2.75, 3.05) is 55.2 Å². The minimum absolute atomic E-state index is 0. The number of anilines is 6. The first-order chi connectivity index (χ1) is 42.5. The molecule has 6 fully saturated rings. The summed E-state index contributed by atoms with van der Waals surface area (Å²) in [4.78, 5) is 71.9. The third-order valence-corrected chi connectivity index (χ3v) is 24.4. The lowest BCUT2D eigenvalue weighted by Crippen LogP contribution is -2.56. The van der Waals surface area contributed by atoms with E-state index < -0.39 is 17.9 Å². The van der Waals surface area contributed by atoms with Crippen LogP contribution in [-0.2, 0) is 34.0 Å². The van der Waals surface area contributed by atoms with Gasteiger partial charge in [0.1, 0.15) is 15.1 Å². The third-order valence-electron chi connectivity index (χ3n) is 21.2. The fourth-order valence-corrected chi connectivity index (χ4v) is 19.6. The average molecular weight is 1260 g/mol. The monoisotopic (exact) mass is 1260 g/mol. The molecule has 15 rings (SSSR count). The number of carbonyl (C=O) groups is 3. The standard InChI is InChI=1S/C24H30N4O2S.C22H26N4O2S.C21H24N4O2S.CH4/c1-13-8-14(2)18-12-28(11-17(13)21(18)15(3)24(29)30)10-16-4-5-20-19(9-16)27-22-23(31-20)26-7-6-25-22;1-12-13(2)17-11-26(10-16(12)15(17)8-20(27)28)9-14-3-4-19-18(7-14)25-21-22(29-19)24-6-5-23-21;26-19(27)9-16-14-2-1-3-15(16)12-25(11-14)10-13-4-5-18-17(8-13)24-20-21(28-18)23-7-6-22-20;/h4-7,9,13-15,17-18,21H,8,10-12H2,1-3H3,(H,25,27)(H,29,30);3-7,12-13,15-17H,8-11H2,1-2H3,(H,23,25)(H,27,28);4-8,14-16H,1-3,9-12H2,(H,22,24)(H,26,27);1H4. The second-order valence-corrected chi connectivity index (χ2v) is 29.7. The molecule has 0 spiro atoms. The Morgan fingerprint density at radius 1 is 0.517 bits per heavy atom. The minimum Gasteiger partial charge on any atom is -0.481 e. The molecular weight excluding hydrogens is 1180 g/mol. The van der Waals surface area contributed by atoms with Crippen LogP contribution in [0.1, 0.15) is 97.3 Å². The fraction of sp³-hybridized carbons (Fsp3) is 0.515. The molecule has 6 bridgehead atoms. The number of nitrogens with zero attached hydrogens (tertiary/aromatic N) is 9. The molecule has 0 amide bonds. The molecule has 21 heteroatoms. The molecular formula is C68H84N12O6S3. The predicted molar refractivity (Wildman–Crippen MR) is 348 cm³/mol. The van der Waals surface area contributed by atoms with Crippen LogP contribution in [0.4, 0.5) is 34.5 Å². The van der Waals surface area contributed by atoms with E-state index in [1.54, 1.807) is 72.5 Å². The number of aliphatic carboxylic acids is 3. The van der Waals surface area contributed by atoms with Crippen LogP contribution in [0.5, 0.6) is 0 Å². The van der Waals surface area contributed by atoms with Gasteiger partial charge in [-0.3, -0.25) is 29.1 Å². The molecule has 18 nitrogen and oxygen atoms in total. The molecule has 9 aliphatic rings. The summed E-state index contributed by atoms with van der Waals surface area (Å²) in [7, 11) is 0. The smallest absolute Gasteiger partial charge is 0.306 e. The zero-order valence-corrected chi connectivity index (χ0v) is 53.1. The van der Waals surface area contributed by atoms with Crippen molar-refractivity contribution in [3.8, 4) is 0 Å². The van der Waals surface area contributed by atoms with Gasteiger partial charge in [0, 0.05) is 124 Å². The van der Waals surface area contributed by atoms with E-state index in [1.165, 1.54) is 57.1 Å². The summed E-state index contributed by atoms with van der Waals surface area (Å²) in [6, 6.07) is 19.8. The lowest BCUT2D eigenvalue weighted by atomic mass is 9.57. The van der Waals surface area contributed by atoms with Crippen molar-refractivity contribution in [1.82, 2.24) is 44.6 Å². The number of piperidine rings is 3. The average Bonchev–Trinajstić information content (AvgIpc) is 1.79. The van der Waals surface area contributed by atoms with Crippen LogP contribution in [0, 0.1) is 82.9 Å². The highest BCUT2D eigenvalue weighted by molar-refractivity contribution is 8.00. The topological polar surface area (TPSA) is 235 Å². The number of hydrogen-bond donors (Lipinski definition) is 6. The Bertz CT molecular complexity index is 3530. The molecule has 11 atom stereocenters. The summed E-state index contributed by atoms with van der Waals surface area (Å²) >= 11 is 4.95. The van der Waals surface area contributed by atoms with Gasteiger partial charge in [-0.15, -0.1) is 0 Å². The molecule has 3 aromatic heterocycles. The van der Waals surface area contributed by atoms with E-state index in [0.717, 1.165) is 108 Å². The van der Waals surface area contributed by atoms with Gasteiger partial charge in [-0.2, -0.15) is 0 Å². The fourth-order valence-electron chi connectivity index (χ4n) is 16.9. The van der Waals surface area contributed by atoms with E-state index in [9.17, 15) is 29.7 Å². The molecule has 6 N–H and O–H groups in total. The van der Waals surface area contributed by atoms with Crippen LogP contribution < -0.4 is 16.0 Å². The van der Waals surface area contributed by atoms with Gasteiger partial charge in [0.05, 0.1) is 23.0 Å². The maximum atomic E-state index is 11.8. The van der Waals surface area contributed by atoms with Crippen molar-refractivity contribution < 1.29 is 29.7 Å². The molecule has 3 aromatic carbocycles. The van der Waals surface area contributed by atoms with E-state index in [2.05, 4.69) is 143 Å². The number of hydrogen-bond acceptors (Lipinski definition) is 18. The number of nitrogens with one attached hydrogen (secondary N) is 3. The predicted octanol–water partition coefficient (Wildman–Crippen LogP) is 13.5. The number of rotatable bonds is 12. The first-order valence-electron chi connectivity index (χ1n) is 31.6. The number of fused-ring (bicyclic) bond motifs is 12. The van der Waals surface area contributed by atoms with E-state index >= 15 is 0 Å². The van der Waals surface area contributed by atoms with Crippen LogP contribution in [0.25, 0.3) is 0 Å². The van der Waals surface area contributed by atoms with Gasteiger partial charge in [0.2, 0.25) is 0 Å². The van der Waals surface area contributed by atoms with Crippen LogP contribution in [-0.4, -0.2) is 117 Å². The molecule has 89 heavy (non-hydrogen) atoms. The number of aromatic nitrogens is 6. The molecule has 6 aliphatic heterocycles. The normalized spacial score (nSPS) is 28.8. The number of benzene rings is 3. The molecule has 3 saturated heterocycles. The summed E-state index contributed by atoms with van der Waals surface area (Å²) in [5.41, 5.74) is 7.12. The van der Waals surface area contributed by atoms with Crippen LogP contribution in [0.2, 0.25) is 0 Å². The molecule has 9 heterocycles. The maximum absolute atomic E-state index is 11.8. The van der Waals surface area contributed by atoms with E-state index in [0.29, 0.717) is 83.9 Å². The Balaban J connectivity index is 0.000000129. The molecule has 11 unspecified atom stereocenters. The van der Waals surface area contributed by atoms with Crippen molar-refractivity contribution in [2.45, 2.75) is 130 Å². The highest BCUT2D eigenvalue weighted by Crippen LogP contribution is 2.53. The third kappa shape index (κ3) is 13.5. The molecule has 0 radical (unpaired) electrons. The molecule has 470 valence electrons. The summed E-state index contributed by atoms with van der Waals surface area (Å²) in [6.45, 7) is 19.9. The second kappa shape index (κ2) is 26.8. The van der Waals surface area contributed by atoms with Gasteiger partial charge in [-0.1, -0.05) is 102 Å². The molecule has 3 saturated carbocycles. The van der Waals surface area contributed by atoms with Crippen molar-refractivity contribution in [3.63, 3.8) is 0 Å². The minimum atomic E-state index is -0.651. The second-order valence-electron chi connectivity index (χ2n) is 26.6. The highest BCUT2D eigenvalue weighted by atomic mass is 32.2. The van der Waals surface area contributed by atoms with Crippen molar-refractivity contribution in [2.24, 2.45) is 82.9 Å².